The normalized spacial score (nSPS) is 14.8. The van der Waals surface area contributed by atoms with E-state index in [1.54, 1.807) is 6.07 Å². The summed E-state index contributed by atoms with van der Waals surface area (Å²) in [4.78, 5) is 0.0478. The summed E-state index contributed by atoms with van der Waals surface area (Å²) < 4.78 is 39.1. The van der Waals surface area contributed by atoms with Crippen LogP contribution in [0.2, 0.25) is 0 Å². The highest BCUT2D eigenvalue weighted by Crippen LogP contribution is 2.35. The van der Waals surface area contributed by atoms with E-state index in [9.17, 15) is 13.5 Å². The highest BCUT2D eigenvalue weighted by Gasteiger charge is 2.34. The van der Waals surface area contributed by atoms with Gasteiger partial charge in [-0.25, -0.2) is 8.42 Å². The van der Waals surface area contributed by atoms with Crippen LogP contribution in [0.1, 0.15) is 32.3 Å². The van der Waals surface area contributed by atoms with Crippen LogP contribution in [0, 0.1) is 16.7 Å². The lowest BCUT2D eigenvalue weighted by Crippen LogP contribution is -2.48. The number of nitriles is 1. The van der Waals surface area contributed by atoms with E-state index < -0.39 is 27.6 Å². The molecule has 1 aliphatic heterocycles. The van der Waals surface area contributed by atoms with Crippen molar-refractivity contribution in [3.05, 3.63) is 54.1 Å². The molecule has 2 aromatic rings. The van der Waals surface area contributed by atoms with Crippen molar-refractivity contribution >= 4 is 22.4 Å². The first-order chi connectivity index (χ1) is 15.6. The molecule has 1 aliphatic rings. The second kappa shape index (κ2) is 11.9. The van der Waals surface area contributed by atoms with Crippen molar-refractivity contribution in [1.82, 2.24) is 4.31 Å². The molecule has 34 heavy (non-hydrogen) atoms. The molecule has 0 spiro atoms. The lowest BCUT2D eigenvalue weighted by molar-refractivity contribution is 0.106. The van der Waals surface area contributed by atoms with E-state index in [1.165, 1.54) is 16.4 Å². The van der Waals surface area contributed by atoms with Gasteiger partial charge in [0.1, 0.15) is 0 Å². The monoisotopic (exact) mass is 509 g/mol. The van der Waals surface area contributed by atoms with E-state index in [2.05, 4.69) is 6.07 Å². The Bertz CT molecular complexity index is 1090. The fourth-order valence-electron chi connectivity index (χ4n) is 3.75. The zero-order valence-corrected chi connectivity index (χ0v) is 21.0. The molecule has 186 valence electrons. The van der Waals surface area contributed by atoms with Crippen LogP contribution in [-0.4, -0.2) is 49.9 Å². The molecule has 10 heteroatoms. The average molecular weight is 510 g/mol. The summed E-state index contributed by atoms with van der Waals surface area (Å²) in [6.45, 7) is 3.81. The quantitative estimate of drug-likeness (QED) is 0.476. The summed E-state index contributed by atoms with van der Waals surface area (Å²) in [6.07, 6.45) is 0.155. The van der Waals surface area contributed by atoms with Gasteiger partial charge in [0.05, 0.1) is 17.1 Å². The van der Waals surface area contributed by atoms with E-state index in [0.29, 0.717) is 30.8 Å². The van der Waals surface area contributed by atoms with Crippen molar-refractivity contribution in [2.75, 3.05) is 19.9 Å². The summed E-state index contributed by atoms with van der Waals surface area (Å²) in [5.74, 6) is 0.848. The van der Waals surface area contributed by atoms with Gasteiger partial charge in [-0.05, 0) is 36.0 Å². The number of nitrogens with zero attached hydrogens (tertiary/aromatic N) is 2. The molecule has 0 aromatic heterocycles. The molecule has 0 saturated heterocycles. The zero-order chi connectivity index (χ0) is 24.1. The molecule has 1 heterocycles. The van der Waals surface area contributed by atoms with Crippen molar-refractivity contribution in [2.24, 2.45) is 11.1 Å². The van der Waals surface area contributed by atoms with Gasteiger partial charge in [-0.2, -0.15) is 9.57 Å². The fraction of sp³-hybridized carbons (Fsp3) is 0.458. The van der Waals surface area contributed by atoms with E-state index in [1.807, 2.05) is 44.2 Å². The van der Waals surface area contributed by atoms with Crippen LogP contribution in [0.25, 0.3) is 0 Å². The maximum absolute atomic E-state index is 13.6. The Morgan fingerprint density at radius 2 is 1.85 bits per heavy atom. The Hall–Kier alpha value is -2.35. The van der Waals surface area contributed by atoms with Crippen molar-refractivity contribution in [2.45, 2.75) is 50.2 Å². The van der Waals surface area contributed by atoms with Crippen LogP contribution in [0.5, 0.6) is 11.5 Å². The topological polar surface area (TPSA) is 126 Å². The SMILES string of the molecule is CC(C)(CCC#N)CN(C[C@@H](O)[C@@H](N)Cc1ccccc1)S(=O)(=O)c1ccc2c(c1)OCO2.Cl. The third-order valence-electron chi connectivity index (χ3n) is 5.70. The molecular weight excluding hydrogens is 478 g/mol. The van der Waals surface area contributed by atoms with Crippen LogP contribution in [0.15, 0.2) is 53.4 Å². The molecule has 3 rings (SSSR count). The van der Waals surface area contributed by atoms with Gasteiger partial charge in [-0.1, -0.05) is 44.2 Å². The second-order valence-corrected chi connectivity index (χ2v) is 11.0. The van der Waals surface area contributed by atoms with E-state index in [4.69, 9.17) is 20.5 Å². The minimum absolute atomic E-state index is 0. The summed E-state index contributed by atoms with van der Waals surface area (Å²) in [7, 11) is -3.98. The van der Waals surface area contributed by atoms with Gasteiger partial charge in [0.15, 0.2) is 11.5 Å². The number of benzene rings is 2. The number of aliphatic hydroxyl groups is 1. The van der Waals surface area contributed by atoms with Gasteiger partial charge in [-0.3, -0.25) is 0 Å². The number of nitrogens with two attached hydrogens (primary N) is 1. The maximum Gasteiger partial charge on any atom is 0.243 e. The Labute approximate surface area is 207 Å². The summed E-state index contributed by atoms with van der Waals surface area (Å²) in [5, 5.41) is 19.8. The van der Waals surface area contributed by atoms with Crippen molar-refractivity contribution in [3.8, 4) is 17.6 Å². The molecule has 0 aliphatic carbocycles. The fourth-order valence-corrected chi connectivity index (χ4v) is 5.41. The molecule has 0 saturated carbocycles. The lowest BCUT2D eigenvalue weighted by atomic mass is 9.88. The van der Waals surface area contributed by atoms with Gasteiger partial charge in [0.2, 0.25) is 16.8 Å². The van der Waals surface area contributed by atoms with Gasteiger partial charge >= 0.3 is 0 Å². The number of rotatable bonds is 11. The first kappa shape index (κ1) is 27.9. The Morgan fingerprint density at radius 3 is 2.53 bits per heavy atom. The van der Waals surface area contributed by atoms with E-state index in [0.717, 1.165) is 5.56 Å². The number of ether oxygens (including phenoxy) is 2. The number of hydrogen-bond donors (Lipinski definition) is 2. The molecule has 3 N–H and O–H groups in total. The van der Waals surface area contributed by atoms with Crippen molar-refractivity contribution in [1.29, 1.82) is 5.26 Å². The van der Waals surface area contributed by atoms with Gasteiger partial charge in [0, 0.05) is 31.6 Å². The van der Waals surface area contributed by atoms with Gasteiger partial charge in [-0.15, -0.1) is 12.4 Å². The third-order valence-corrected chi connectivity index (χ3v) is 7.51. The Kier molecular flexibility index (Phi) is 9.74. The standard InChI is InChI=1S/C24H31N3O5S.ClH/c1-24(2,11-6-12-25)16-27(15-21(28)20(26)13-18-7-4-3-5-8-18)33(29,30)19-9-10-22-23(14-19)32-17-31-22;/h3-5,7-10,14,20-21,28H,6,11,13,15-17,26H2,1-2H3;1H/t20-,21+;/m0./s1. The highest BCUT2D eigenvalue weighted by atomic mass is 35.5. The molecular formula is C24H32ClN3O5S. The number of hydrogen-bond acceptors (Lipinski definition) is 7. The molecule has 2 aromatic carbocycles. The van der Waals surface area contributed by atoms with Crippen LogP contribution in [0.3, 0.4) is 0 Å². The minimum atomic E-state index is -3.98. The molecule has 0 unspecified atom stereocenters. The van der Waals surface area contributed by atoms with Crippen molar-refractivity contribution in [3.63, 3.8) is 0 Å². The predicted molar refractivity (Wildman–Crippen MR) is 131 cm³/mol. The molecule has 2 atom stereocenters. The Morgan fingerprint density at radius 1 is 1.18 bits per heavy atom. The van der Waals surface area contributed by atoms with Gasteiger partial charge in [0.25, 0.3) is 0 Å². The molecule has 0 fully saturated rings. The number of halogens is 1. The van der Waals surface area contributed by atoms with E-state index in [-0.39, 0.29) is 37.2 Å². The lowest BCUT2D eigenvalue weighted by Gasteiger charge is -2.34. The first-order valence-corrected chi connectivity index (χ1v) is 12.3. The smallest absolute Gasteiger partial charge is 0.243 e. The van der Waals surface area contributed by atoms with Crippen LogP contribution in [-0.2, 0) is 16.4 Å². The zero-order valence-electron chi connectivity index (χ0n) is 19.4. The number of fused-ring (bicyclic) bond motifs is 1. The number of aliphatic hydroxyl groups excluding tert-OH is 1. The molecule has 0 amide bonds. The van der Waals surface area contributed by atoms with Crippen LogP contribution >= 0.6 is 12.4 Å². The number of sulfonamides is 1. The van der Waals surface area contributed by atoms with E-state index >= 15 is 0 Å². The second-order valence-electron chi connectivity index (χ2n) is 9.06. The molecule has 0 radical (unpaired) electrons. The Balaban J connectivity index is 0.00000408. The highest BCUT2D eigenvalue weighted by molar-refractivity contribution is 7.89. The molecule has 0 bridgehead atoms. The largest absolute Gasteiger partial charge is 0.454 e. The first-order valence-electron chi connectivity index (χ1n) is 10.9. The van der Waals surface area contributed by atoms with Crippen LogP contribution in [0.4, 0.5) is 0 Å². The van der Waals surface area contributed by atoms with Crippen molar-refractivity contribution < 1.29 is 23.0 Å². The van der Waals surface area contributed by atoms with Gasteiger partial charge < -0.3 is 20.3 Å². The predicted octanol–water partition coefficient (Wildman–Crippen LogP) is 3.09. The summed E-state index contributed by atoms with van der Waals surface area (Å²) >= 11 is 0. The summed E-state index contributed by atoms with van der Waals surface area (Å²) in [5.41, 5.74) is 6.72. The third kappa shape index (κ3) is 7.08. The van der Waals surface area contributed by atoms with Crippen LogP contribution < -0.4 is 15.2 Å². The average Bonchev–Trinajstić information content (AvgIpc) is 3.25. The summed E-state index contributed by atoms with van der Waals surface area (Å²) in [6, 6.07) is 15.4. The maximum atomic E-state index is 13.6. The minimum Gasteiger partial charge on any atom is -0.454 e. The molecule has 8 nitrogen and oxygen atoms in total.